The van der Waals surface area contributed by atoms with Crippen LogP contribution in [-0.4, -0.2) is 4.98 Å². The Morgan fingerprint density at radius 3 is 2.47 bits per heavy atom. The van der Waals surface area contributed by atoms with Crippen molar-refractivity contribution < 1.29 is 9.13 Å². The number of rotatable bonds is 4. The average Bonchev–Trinajstić information content (AvgIpc) is 2.38. The highest BCUT2D eigenvalue weighted by Crippen LogP contribution is 2.12. The molecule has 0 fully saturated rings. The Morgan fingerprint density at radius 2 is 1.76 bits per heavy atom. The molecule has 0 spiro atoms. The highest BCUT2D eigenvalue weighted by Gasteiger charge is 1.99. The molecule has 0 amide bonds. The van der Waals surface area contributed by atoms with Gasteiger partial charge in [0.2, 0.25) is 0 Å². The number of aromatic nitrogens is 1. The molecule has 0 atom stereocenters. The molecule has 88 valence electrons. The molecule has 0 aliphatic heterocycles. The van der Waals surface area contributed by atoms with Crippen molar-refractivity contribution in [3.05, 3.63) is 59.7 Å². The average molecular weight is 232 g/mol. The van der Waals surface area contributed by atoms with Gasteiger partial charge in [0, 0.05) is 6.54 Å². The zero-order valence-corrected chi connectivity index (χ0v) is 9.27. The van der Waals surface area contributed by atoms with Crippen molar-refractivity contribution in [3.8, 4) is 5.75 Å². The molecule has 2 aromatic rings. The second-order valence-corrected chi connectivity index (χ2v) is 3.57. The molecule has 17 heavy (non-hydrogen) atoms. The van der Waals surface area contributed by atoms with Gasteiger partial charge >= 0.3 is 0 Å². The zero-order chi connectivity index (χ0) is 12.1. The third-order valence-corrected chi connectivity index (χ3v) is 2.27. The molecule has 0 unspecified atom stereocenters. The fraction of sp³-hybridized carbons (Fsp3) is 0.154. The molecule has 3 nitrogen and oxygen atoms in total. The standard InChI is InChI=1S/C13H13FN2O/c14-10-4-6-13(7-5-10)17-9-12-3-1-2-11(8-15)16-12/h1-7H,8-9,15H2. The Labute approximate surface area is 99.1 Å². The highest BCUT2D eigenvalue weighted by molar-refractivity contribution is 5.22. The van der Waals surface area contributed by atoms with Crippen LogP contribution in [0.25, 0.3) is 0 Å². The third kappa shape index (κ3) is 3.26. The lowest BCUT2D eigenvalue weighted by Crippen LogP contribution is -2.04. The summed E-state index contributed by atoms with van der Waals surface area (Å²) in [5, 5.41) is 0. The lowest BCUT2D eigenvalue weighted by molar-refractivity contribution is 0.300. The largest absolute Gasteiger partial charge is 0.487 e. The maximum atomic E-state index is 12.7. The monoisotopic (exact) mass is 232 g/mol. The molecule has 2 rings (SSSR count). The lowest BCUT2D eigenvalue weighted by Gasteiger charge is -2.06. The van der Waals surface area contributed by atoms with Crippen LogP contribution in [0.3, 0.4) is 0 Å². The first-order valence-corrected chi connectivity index (χ1v) is 5.31. The summed E-state index contributed by atoms with van der Waals surface area (Å²) in [5.74, 6) is 0.340. The van der Waals surface area contributed by atoms with Gasteiger partial charge in [-0.05, 0) is 36.4 Å². The topological polar surface area (TPSA) is 48.1 Å². The zero-order valence-electron chi connectivity index (χ0n) is 9.27. The molecule has 0 radical (unpaired) electrons. The van der Waals surface area contributed by atoms with E-state index in [1.54, 1.807) is 12.1 Å². The molecule has 1 aromatic heterocycles. The summed E-state index contributed by atoms with van der Waals surface area (Å²) in [4.78, 5) is 4.30. The first-order chi connectivity index (χ1) is 8.28. The van der Waals surface area contributed by atoms with E-state index >= 15 is 0 Å². The van der Waals surface area contributed by atoms with E-state index in [9.17, 15) is 4.39 Å². The van der Waals surface area contributed by atoms with Gasteiger partial charge in [0.05, 0.1) is 11.4 Å². The fourth-order valence-electron chi connectivity index (χ4n) is 1.41. The van der Waals surface area contributed by atoms with Crippen molar-refractivity contribution >= 4 is 0 Å². The first-order valence-electron chi connectivity index (χ1n) is 5.31. The summed E-state index contributed by atoms with van der Waals surface area (Å²) in [6.07, 6.45) is 0. The van der Waals surface area contributed by atoms with Gasteiger partial charge in [0.1, 0.15) is 18.2 Å². The summed E-state index contributed by atoms with van der Waals surface area (Å²) in [5.41, 5.74) is 7.12. The van der Waals surface area contributed by atoms with Crippen LogP contribution in [-0.2, 0) is 13.2 Å². The van der Waals surface area contributed by atoms with Gasteiger partial charge < -0.3 is 10.5 Å². The first kappa shape index (κ1) is 11.5. The second-order valence-electron chi connectivity index (χ2n) is 3.57. The maximum Gasteiger partial charge on any atom is 0.130 e. The summed E-state index contributed by atoms with van der Waals surface area (Å²) in [7, 11) is 0. The number of benzene rings is 1. The van der Waals surface area contributed by atoms with Crippen LogP contribution < -0.4 is 10.5 Å². The number of ether oxygens (including phenoxy) is 1. The molecule has 0 saturated heterocycles. The number of nitrogens with zero attached hydrogens (tertiary/aromatic N) is 1. The Hall–Kier alpha value is -1.94. The maximum absolute atomic E-state index is 12.7. The number of hydrogen-bond donors (Lipinski definition) is 1. The normalized spacial score (nSPS) is 10.2. The van der Waals surface area contributed by atoms with Crippen molar-refractivity contribution in [3.63, 3.8) is 0 Å². The Balaban J connectivity index is 1.99. The minimum absolute atomic E-state index is 0.277. The number of nitrogens with two attached hydrogens (primary N) is 1. The fourth-order valence-corrected chi connectivity index (χ4v) is 1.41. The molecule has 0 saturated carbocycles. The van der Waals surface area contributed by atoms with Crippen molar-refractivity contribution in [1.82, 2.24) is 4.98 Å². The summed E-state index contributed by atoms with van der Waals surface area (Å²) < 4.78 is 18.1. The van der Waals surface area contributed by atoms with E-state index in [-0.39, 0.29) is 5.82 Å². The van der Waals surface area contributed by atoms with Gasteiger partial charge in [-0.2, -0.15) is 0 Å². The van der Waals surface area contributed by atoms with Crippen molar-refractivity contribution in [2.45, 2.75) is 13.2 Å². The molecule has 2 N–H and O–H groups in total. The molecule has 1 heterocycles. The quantitative estimate of drug-likeness (QED) is 0.879. The van der Waals surface area contributed by atoms with E-state index in [0.29, 0.717) is 18.9 Å². The highest BCUT2D eigenvalue weighted by atomic mass is 19.1. The summed E-state index contributed by atoms with van der Waals surface area (Å²) >= 11 is 0. The molecule has 0 aliphatic rings. The van der Waals surface area contributed by atoms with E-state index in [0.717, 1.165) is 11.4 Å². The van der Waals surface area contributed by atoms with Gasteiger partial charge in [-0.25, -0.2) is 4.39 Å². The van der Waals surface area contributed by atoms with Crippen LogP contribution in [0.4, 0.5) is 4.39 Å². The van der Waals surface area contributed by atoms with E-state index in [4.69, 9.17) is 10.5 Å². The lowest BCUT2D eigenvalue weighted by atomic mass is 10.3. The molecular weight excluding hydrogens is 219 g/mol. The molecule has 4 heteroatoms. The molecule has 0 aliphatic carbocycles. The minimum atomic E-state index is -0.277. The molecule has 1 aromatic carbocycles. The number of pyridine rings is 1. The smallest absolute Gasteiger partial charge is 0.130 e. The van der Waals surface area contributed by atoms with Crippen molar-refractivity contribution in [2.24, 2.45) is 5.73 Å². The number of hydrogen-bond acceptors (Lipinski definition) is 3. The van der Waals surface area contributed by atoms with E-state index < -0.39 is 0 Å². The van der Waals surface area contributed by atoms with Crippen molar-refractivity contribution in [2.75, 3.05) is 0 Å². The minimum Gasteiger partial charge on any atom is -0.487 e. The van der Waals surface area contributed by atoms with Gasteiger partial charge in [0.25, 0.3) is 0 Å². The van der Waals surface area contributed by atoms with Crippen LogP contribution in [0.1, 0.15) is 11.4 Å². The van der Waals surface area contributed by atoms with Gasteiger partial charge in [-0.3, -0.25) is 4.98 Å². The third-order valence-electron chi connectivity index (χ3n) is 2.27. The van der Waals surface area contributed by atoms with E-state index in [2.05, 4.69) is 4.98 Å². The Kier molecular flexibility index (Phi) is 3.67. The molecule has 0 bridgehead atoms. The Bertz CT molecular complexity index is 485. The SMILES string of the molecule is NCc1cccc(COc2ccc(F)cc2)n1. The molecular formula is C13H13FN2O. The Morgan fingerprint density at radius 1 is 1.06 bits per heavy atom. The van der Waals surface area contributed by atoms with Crippen molar-refractivity contribution in [1.29, 1.82) is 0 Å². The van der Waals surface area contributed by atoms with Gasteiger partial charge in [0.15, 0.2) is 0 Å². The predicted octanol–water partition coefficient (Wildman–Crippen LogP) is 2.26. The number of halogens is 1. The summed E-state index contributed by atoms with van der Waals surface area (Å²) in [6, 6.07) is 11.5. The van der Waals surface area contributed by atoms with Crippen LogP contribution in [0.2, 0.25) is 0 Å². The summed E-state index contributed by atoms with van der Waals surface area (Å²) in [6.45, 7) is 0.754. The van der Waals surface area contributed by atoms with Crippen LogP contribution in [0.5, 0.6) is 5.75 Å². The second kappa shape index (κ2) is 5.41. The van der Waals surface area contributed by atoms with E-state index in [1.807, 2.05) is 18.2 Å². The van der Waals surface area contributed by atoms with E-state index in [1.165, 1.54) is 12.1 Å². The van der Waals surface area contributed by atoms with Gasteiger partial charge in [-0.15, -0.1) is 0 Å². The van der Waals surface area contributed by atoms with Crippen LogP contribution >= 0.6 is 0 Å². The van der Waals surface area contributed by atoms with Crippen LogP contribution in [0.15, 0.2) is 42.5 Å². The predicted molar refractivity (Wildman–Crippen MR) is 62.9 cm³/mol. The van der Waals surface area contributed by atoms with Crippen LogP contribution in [0, 0.1) is 5.82 Å². The van der Waals surface area contributed by atoms with Gasteiger partial charge in [-0.1, -0.05) is 6.07 Å².